The van der Waals surface area contributed by atoms with Gasteiger partial charge in [0.15, 0.2) is 0 Å². The number of carbonyl (C=O) groups excluding carboxylic acids is 2. The van der Waals surface area contributed by atoms with E-state index < -0.39 is 24.1 Å². The number of thiophene rings is 1. The number of anilines is 2. The van der Waals surface area contributed by atoms with Crippen LogP contribution in [0.5, 0.6) is 0 Å². The molecule has 3 heterocycles. The molecule has 0 aliphatic carbocycles. The fourth-order valence-electron chi connectivity index (χ4n) is 5.00. The molecular formula is C30H25N3O3S. The Kier molecular flexibility index (Phi) is 6.18. The lowest BCUT2D eigenvalue weighted by molar-refractivity contribution is -0.123. The maximum absolute atomic E-state index is 13.8. The van der Waals surface area contributed by atoms with Gasteiger partial charge in [0.25, 0.3) is 5.91 Å². The van der Waals surface area contributed by atoms with Gasteiger partial charge in [-0.2, -0.15) is 0 Å². The molecule has 37 heavy (non-hydrogen) atoms. The molecule has 2 N–H and O–H groups in total. The topological polar surface area (TPSA) is 72.9 Å². The maximum atomic E-state index is 13.8. The third-order valence-electron chi connectivity index (χ3n) is 6.80. The van der Waals surface area contributed by atoms with Crippen LogP contribution in [0.25, 0.3) is 10.4 Å². The first-order chi connectivity index (χ1) is 18.1. The Hall–Kier alpha value is -4.04. The average molecular weight is 508 g/mol. The number of imide groups is 1. The van der Waals surface area contributed by atoms with E-state index in [1.807, 2.05) is 84.9 Å². The number of amides is 2. The molecule has 0 bridgehead atoms. The predicted molar refractivity (Wildman–Crippen MR) is 146 cm³/mol. The lowest BCUT2D eigenvalue weighted by Gasteiger charge is -2.40. The Bertz CT molecular complexity index is 1440. The van der Waals surface area contributed by atoms with Crippen molar-refractivity contribution in [2.45, 2.75) is 18.2 Å². The number of benzene rings is 3. The number of fused-ring (bicyclic) bond motifs is 1. The van der Waals surface area contributed by atoms with Gasteiger partial charge in [-0.3, -0.25) is 9.59 Å². The number of hydrogen-bond acceptors (Lipinski definition) is 6. The van der Waals surface area contributed by atoms with E-state index in [0.29, 0.717) is 5.69 Å². The van der Waals surface area contributed by atoms with E-state index in [0.717, 1.165) is 21.0 Å². The van der Waals surface area contributed by atoms with Crippen LogP contribution in [0.15, 0.2) is 115 Å². The van der Waals surface area contributed by atoms with Crippen LogP contribution >= 0.6 is 11.3 Å². The molecule has 0 radical (unpaired) electrons. The smallest absolute Gasteiger partial charge is 0.254 e. The SMILES string of the molecule is O=C1C2C=CC(C(O)c3ccc(-c4ccccc4)s3)N(Nc3ccccc3)C2C(=O)N1c1ccccc1. The summed E-state index contributed by atoms with van der Waals surface area (Å²) in [6.07, 6.45) is 2.70. The monoisotopic (exact) mass is 507 g/mol. The van der Waals surface area contributed by atoms with E-state index >= 15 is 0 Å². The third kappa shape index (κ3) is 4.27. The number of hydrazine groups is 1. The molecule has 2 aliphatic rings. The molecule has 1 aromatic heterocycles. The lowest BCUT2D eigenvalue weighted by Crippen LogP contribution is -2.55. The molecule has 3 aromatic carbocycles. The van der Waals surface area contributed by atoms with Crippen LogP contribution in [0.4, 0.5) is 11.4 Å². The van der Waals surface area contributed by atoms with Crippen LogP contribution in [0.3, 0.4) is 0 Å². The summed E-state index contributed by atoms with van der Waals surface area (Å²) in [5, 5.41) is 13.3. The highest BCUT2D eigenvalue weighted by molar-refractivity contribution is 7.15. The van der Waals surface area contributed by atoms with Crippen LogP contribution in [0, 0.1) is 5.92 Å². The summed E-state index contributed by atoms with van der Waals surface area (Å²) in [7, 11) is 0. The second-order valence-corrected chi connectivity index (χ2v) is 10.2. The summed E-state index contributed by atoms with van der Waals surface area (Å²) in [5.74, 6) is -1.24. The minimum absolute atomic E-state index is 0.271. The number of nitrogens with zero attached hydrogens (tertiary/aromatic N) is 2. The van der Waals surface area contributed by atoms with Crippen molar-refractivity contribution in [2.24, 2.45) is 5.92 Å². The minimum atomic E-state index is -0.912. The molecule has 0 spiro atoms. The van der Waals surface area contributed by atoms with Crippen molar-refractivity contribution in [3.63, 3.8) is 0 Å². The number of nitrogens with one attached hydrogen (secondary N) is 1. The minimum Gasteiger partial charge on any atom is -0.386 e. The van der Waals surface area contributed by atoms with Crippen molar-refractivity contribution < 1.29 is 14.7 Å². The van der Waals surface area contributed by atoms with Gasteiger partial charge in [-0.25, -0.2) is 9.91 Å². The molecule has 7 heteroatoms. The molecule has 184 valence electrons. The molecule has 2 amide bonds. The molecule has 4 aromatic rings. The van der Waals surface area contributed by atoms with Crippen molar-refractivity contribution in [2.75, 3.05) is 10.3 Å². The van der Waals surface area contributed by atoms with E-state index in [1.165, 1.54) is 16.2 Å². The number of hydrogen-bond donors (Lipinski definition) is 2. The van der Waals surface area contributed by atoms with Crippen LogP contribution in [0.1, 0.15) is 11.0 Å². The summed E-state index contributed by atoms with van der Waals surface area (Å²) in [5.41, 5.74) is 5.74. The first kappa shape index (κ1) is 23.4. The van der Waals surface area contributed by atoms with Gasteiger partial charge in [0.05, 0.1) is 17.6 Å². The summed E-state index contributed by atoms with van der Waals surface area (Å²) >= 11 is 1.52. The van der Waals surface area contributed by atoms with Crippen molar-refractivity contribution in [3.05, 3.63) is 120 Å². The normalized spacial score (nSPS) is 22.2. The molecule has 6 rings (SSSR count). The first-order valence-electron chi connectivity index (χ1n) is 12.2. The van der Waals surface area contributed by atoms with E-state index in [-0.39, 0.29) is 11.8 Å². The van der Waals surface area contributed by atoms with Gasteiger partial charge >= 0.3 is 0 Å². The van der Waals surface area contributed by atoms with E-state index in [4.69, 9.17) is 0 Å². The summed E-state index contributed by atoms with van der Waals surface area (Å²) < 4.78 is 0. The number of aliphatic hydroxyl groups is 1. The van der Waals surface area contributed by atoms with Gasteiger partial charge < -0.3 is 10.5 Å². The zero-order chi connectivity index (χ0) is 25.4. The highest BCUT2D eigenvalue weighted by atomic mass is 32.1. The lowest BCUT2D eigenvalue weighted by atomic mass is 9.92. The molecule has 1 saturated heterocycles. The Morgan fingerprint density at radius 1 is 0.757 bits per heavy atom. The summed E-state index contributed by atoms with van der Waals surface area (Å²) in [6.45, 7) is 0. The van der Waals surface area contributed by atoms with Gasteiger partial charge in [0, 0.05) is 15.4 Å². The van der Waals surface area contributed by atoms with Gasteiger partial charge in [0.2, 0.25) is 5.91 Å². The highest BCUT2D eigenvalue weighted by Gasteiger charge is 2.54. The second-order valence-electron chi connectivity index (χ2n) is 9.09. The number of aliphatic hydroxyl groups excluding tert-OH is 1. The average Bonchev–Trinajstić information content (AvgIpc) is 3.53. The summed E-state index contributed by atoms with van der Waals surface area (Å²) in [6, 6.07) is 31.1. The van der Waals surface area contributed by atoms with Crippen molar-refractivity contribution in [3.8, 4) is 10.4 Å². The highest BCUT2D eigenvalue weighted by Crippen LogP contribution is 2.40. The zero-order valence-corrected chi connectivity index (χ0v) is 20.7. The fraction of sp³-hybridized carbons (Fsp3) is 0.133. The van der Waals surface area contributed by atoms with E-state index in [9.17, 15) is 14.7 Å². The first-order valence-corrected chi connectivity index (χ1v) is 13.0. The van der Waals surface area contributed by atoms with Crippen molar-refractivity contribution in [1.82, 2.24) is 5.01 Å². The summed E-state index contributed by atoms with van der Waals surface area (Å²) in [4.78, 5) is 30.2. The Morgan fingerprint density at radius 3 is 2.11 bits per heavy atom. The van der Waals surface area contributed by atoms with Gasteiger partial charge in [-0.05, 0) is 42.0 Å². The number of carbonyl (C=O) groups is 2. The second kappa shape index (κ2) is 9.78. The Labute approximate surface area is 219 Å². The van der Waals surface area contributed by atoms with Gasteiger partial charge in [0.1, 0.15) is 12.1 Å². The molecule has 4 atom stereocenters. The van der Waals surface area contributed by atoms with Crippen molar-refractivity contribution >= 4 is 34.5 Å². The van der Waals surface area contributed by atoms with E-state index in [1.54, 1.807) is 35.4 Å². The molecule has 2 aliphatic heterocycles. The predicted octanol–water partition coefficient (Wildman–Crippen LogP) is 5.27. The molecule has 6 nitrogen and oxygen atoms in total. The van der Waals surface area contributed by atoms with Crippen LogP contribution in [0.2, 0.25) is 0 Å². The Morgan fingerprint density at radius 2 is 1.41 bits per heavy atom. The van der Waals surface area contributed by atoms with Gasteiger partial charge in [-0.15, -0.1) is 11.3 Å². The molecule has 1 fully saturated rings. The molecular weight excluding hydrogens is 482 g/mol. The van der Waals surface area contributed by atoms with Crippen LogP contribution in [-0.4, -0.2) is 34.0 Å². The standard InChI is InChI=1S/C30H25N3O3S/c34-28(26-19-18-25(37-26)20-10-4-1-5-11-20)24-17-16-23-27(33(24)31-21-12-6-2-7-13-21)30(36)32(29(23)35)22-14-8-3-9-15-22/h1-19,23-24,27-28,31,34H. The van der Waals surface area contributed by atoms with E-state index in [2.05, 4.69) is 5.43 Å². The number of rotatable bonds is 6. The molecule has 0 saturated carbocycles. The van der Waals surface area contributed by atoms with Crippen molar-refractivity contribution in [1.29, 1.82) is 0 Å². The zero-order valence-electron chi connectivity index (χ0n) is 19.8. The maximum Gasteiger partial charge on any atom is 0.254 e. The van der Waals surface area contributed by atoms with Crippen LogP contribution < -0.4 is 10.3 Å². The van der Waals surface area contributed by atoms with Crippen LogP contribution in [-0.2, 0) is 9.59 Å². The largest absolute Gasteiger partial charge is 0.386 e. The van der Waals surface area contributed by atoms with Gasteiger partial charge in [-0.1, -0.05) is 78.9 Å². The quantitative estimate of drug-likeness (QED) is 0.275. The third-order valence-corrected chi connectivity index (χ3v) is 8.01. The molecule has 4 unspecified atom stereocenters. The fourth-order valence-corrected chi connectivity index (χ4v) is 6.04. The Balaban J connectivity index is 1.36. The number of para-hydroxylation sites is 2.